The maximum atomic E-state index is 6.09. The van der Waals surface area contributed by atoms with E-state index in [1.165, 1.54) is 51.6 Å². The summed E-state index contributed by atoms with van der Waals surface area (Å²) < 4.78 is 7.00. The van der Waals surface area contributed by atoms with Crippen molar-refractivity contribution >= 4 is 27.3 Å². The molecule has 0 spiro atoms. The smallest absolute Gasteiger partial charge is 0.0587 e. The lowest BCUT2D eigenvalue weighted by atomic mass is 9.90. The van der Waals surface area contributed by atoms with Gasteiger partial charge in [-0.2, -0.15) is 0 Å². The third kappa shape index (κ3) is 5.35. The highest BCUT2D eigenvalue weighted by atomic mass is 79.9. The van der Waals surface area contributed by atoms with Crippen molar-refractivity contribution in [2.75, 3.05) is 30.7 Å². The summed E-state index contributed by atoms with van der Waals surface area (Å²) >= 11 is 3.53. The van der Waals surface area contributed by atoms with Gasteiger partial charge in [0.15, 0.2) is 0 Å². The van der Waals surface area contributed by atoms with Gasteiger partial charge in [0.25, 0.3) is 0 Å². The second kappa shape index (κ2) is 9.24. The fourth-order valence-electron chi connectivity index (χ4n) is 4.14. The van der Waals surface area contributed by atoms with Gasteiger partial charge in [0.2, 0.25) is 0 Å². The minimum atomic E-state index is 0.509. The maximum Gasteiger partial charge on any atom is 0.0587 e. The summed E-state index contributed by atoms with van der Waals surface area (Å²) in [7, 11) is 0. The molecule has 0 bridgehead atoms. The van der Waals surface area contributed by atoms with E-state index in [1.807, 2.05) is 12.1 Å². The van der Waals surface area contributed by atoms with Crippen LogP contribution in [0.5, 0.6) is 0 Å². The van der Waals surface area contributed by atoms with E-state index in [1.54, 1.807) is 0 Å². The van der Waals surface area contributed by atoms with Crippen molar-refractivity contribution in [1.29, 1.82) is 0 Å². The van der Waals surface area contributed by atoms with Gasteiger partial charge in [-0.05, 0) is 63.1 Å². The molecule has 3 N–H and O–H groups in total. The third-order valence-corrected chi connectivity index (χ3v) is 6.12. The van der Waals surface area contributed by atoms with E-state index < -0.39 is 0 Å². The first kappa shape index (κ1) is 19.0. The Morgan fingerprint density at radius 1 is 1.16 bits per heavy atom. The lowest BCUT2D eigenvalue weighted by Crippen LogP contribution is -2.46. The molecule has 0 aromatic heterocycles. The van der Waals surface area contributed by atoms with Gasteiger partial charge in [0, 0.05) is 36.3 Å². The Balaban J connectivity index is 1.42. The Morgan fingerprint density at radius 2 is 1.88 bits per heavy atom. The van der Waals surface area contributed by atoms with Crippen molar-refractivity contribution < 1.29 is 4.74 Å². The van der Waals surface area contributed by atoms with E-state index in [4.69, 9.17) is 10.5 Å². The molecule has 0 unspecified atom stereocenters. The minimum absolute atomic E-state index is 0.509. The van der Waals surface area contributed by atoms with E-state index >= 15 is 0 Å². The standard InChI is InChI=1S/C20H32BrN3O/c1-2-13-25-18-6-4-17(5-7-18)24-11-9-16(10-12-24)23-20-14-15(21)3-8-19(20)22/h3,8,14,16-18,23H,2,4-7,9-13,22H2,1H3. The molecule has 1 saturated carbocycles. The van der Waals surface area contributed by atoms with Crippen molar-refractivity contribution in [2.45, 2.75) is 70.1 Å². The summed E-state index contributed by atoms with van der Waals surface area (Å²) in [5.74, 6) is 0. The van der Waals surface area contributed by atoms with Gasteiger partial charge in [-0.25, -0.2) is 0 Å². The number of hydrogen-bond donors (Lipinski definition) is 2. The van der Waals surface area contributed by atoms with Crippen LogP contribution in [0.4, 0.5) is 11.4 Å². The molecule has 1 heterocycles. The molecule has 4 nitrogen and oxygen atoms in total. The van der Waals surface area contributed by atoms with Gasteiger partial charge in [0.1, 0.15) is 0 Å². The van der Waals surface area contributed by atoms with E-state index in [2.05, 4.69) is 39.1 Å². The summed E-state index contributed by atoms with van der Waals surface area (Å²) in [4.78, 5) is 2.71. The molecule has 1 aromatic rings. The number of piperidine rings is 1. The molecule has 0 atom stereocenters. The summed E-state index contributed by atoms with van der Waals surface area (Å²) in [6.45, 7) is 5.49. The van der Waals surface area contributed by atoms with E-state index in [0.29, 0.717) is 12.1 Å². The molecular weight excluding hydrogens is 378 g/mol. The number of benzene rings is 1. The van der Waals surface area contributed by atoms with Gasteiger partial charge in [-0.1, -0.05) is 22.9 Å². The fraction of sp³-hybridized carbons (Fsp3) is 0.700. The predicted octanol–water partition coefficient (Wildman–Crippen LogP) is 4.65. The van der Waals surface area contributed by atoms with Gasteiger partial charge >= 0.3 is 0 Å². The third-order valence-electron chi connectivity index (χ3n) is 5.62. The lowest BCUT2D eigenvalue weighted by molar-refractivity contribution is 0.00428. The zero-order valence-electron chi connectivity index (χ0n) is 15.3. The van der Waals surface area contributed by atoms with E-state index in [0.717, 1.165) is 34.9 Å². The average molecular weight is 410 g/mol. The summed E-state index contributed by atoms with van der Waals surface area (Å²) in [5, 5.41) is 3.64. The van der Waals surface area contributed by atoms with Crippen LogP contribution < -0.4 is 11.1 Å². The second-order valence-corrected chi connectivity index (χ2v) is 8.40. The highest BCUT2D eigenvalue weighted by Crippen LogP contribution is 2.29. The van der Waals surface area contributed by atoms with Crippen LogP contribution in [0.1, 0.15) is 51.9 Å². The maximum absolute atomic E-state index is 6.09. The van der Waals surface area contributed by atoms with Crippen LogP contribution in [0.15, 0.2) is 22.7 Å². The number of nitrogens with zero attached hydrogens (tertiary/aromatic N) is 1. The molecule has 5 heteroatoms. The first-order valence-electron chi connectivity index (χ1n) is 9.83. The Labute approximate surface area is 160 Å². The summed E-state index contributed by atoms with van der Waals surface area (Å²) in [6, 6.07) is 7.32. The monoisotopic (exact) mass is 409 g/mol. The molecule has 0 amide bonds. The number of nitrogens with one attached hydrogen (secondary N) is 1. The highest BCUT2D eigenvalue weighted by molar-refractivity contribution is 9.10. The second-order valence-electron chi connectivity index (χ2n) is 7.49. The molecule has 3 rings (SSSR count). The van der Waals surface area contributed by atoms with Crippen molar-refractivity contribution in [3.8, 4) is 0 Å². The number of ether oxygens (including phenoxy) is 1. The van der Waals surface area contributed by atoms with E-state index in [-0.39, 0.29) is 0 Å². The van der Waals surface area contributed by atoms with Crippen molar-refractivity contribution in [3.63, 3.8) is 0 Å². The number of anilines is 2. The van der Waals surface area contributed by atoms with Crippen LogP contribution in [0, 0.1) is 0 Å². The van der Waals surface area contributed by atoms with Gasteiger partial charge in [-0.15, -0.1) is 0 Å². The highest BCUT2D eigenvalue weighted by Gasteiger charge is 2.29. The van der Waals surface area contributed by atoms with Gasteiger partial charge in [0.05, 0.1) is 17.5 Å². The quantitative estimate of drug-likeness (QED) is 0.671. The molecule has 1 aliphatic carbocycles. The van der Waals surface area contributed by atoms with Crippen LogP contribution >= 0.6 is 15.9 Å². The summed E-state index contributed by atoms with van der Waals surface area (Å²) in [5.41, 5.74) is 7.98. The Morgan fingerprint density at radius 3 is 2.56 bits per heavy atom. The number of likely N-dealkylation sites (tertiary alicyclic amines) is 1. The molecule has 25 heavy (non-hydrogen) atoms. The first-order valence-corrected chi connectivity index (χ1v) is 10.6. The SMILES string of the molecule is CCCOC1CCC(N2CCC(Nc3cc(Br)ccc3N)CC2)CC1. The topological polar surface area (TPSA) is 50.5 Å². The molecule has 140 valence electrons. The van der Waals surface area contributed by atoms with Crippen molar-refractivity contribution in [2.24, 2.45) is 0 Å². The van der Waals surface area contributed by atoms with Crippen LogP contribution in [-0.2, 0) is 4.74 Å². The van der Waals surface area contributed by atoms with Crippen LogP contribution in [0.3, 0.4) is 0 Å². The fourth-order valence-corrected chi connectivity index (χ4v) is 4.51. The molecule has 1 aromatic carbocycles. The number of hydrogen-bond acceptors (Lipinski definition) is 4. The summed E-state index contributed by atoms with van der Waals surface area (Å²) in [6.07, 6.45) is 9.08. The zero-order valence-corrected chi connectivity index (χ0v) is 16.9. The van der Waals surface area contributed by atoms with E-state index in [9.17, 15) is 0 Å². The van der Waals surface area contributed by atoms with Crippen molar-refractivity contribution in [1.82, 2.24) is 4.90 Å². The van der Waals surface area contributed by atoms with Crippen LogP contribution in [0.2, 0.25) is 0 Å². The average Bonchev–Trinajstić information content (AvgIpc) is 2.64. The number of halogens is 1. The molecule has 2 aliphatic rings. The van der Waals surface area contributed by atoms with Crippen LogP contribution in [0.25, 0.3) is 0 Å². The largest absolute Gasteiger partial charge is 0.397 e. The number of nitrogens with two attached hydrogens (primary N) is 1. The molecule has 0 radical (unpaired) electrons. The zero-order chi connectivity index (χ0) is 17.6. The van der Waals surface area contributed by atoms with Gasteiger partial charge in [-0.3, -0.25) is 0 Å². The molecule has 1 aliphatic heterocycles. The predicted molar refractivity (Wildman–Crippen MR) is 109 cm³/mol. The Kier molecular flexibility index (Phi) is 7.02. The Hall–Kier alpha value is -0.780. The number of nitrogen functional groups attached to an aromatic ring is 1. The Bertz CT molecular complexity index is 538. The molecular formula is C20H32BrN3O. The molecule has 1 saturated heterocycles. The van der Waals surface area contributed by atoms with Gasteiger partial charge < -0.3 is 20.7 Å². The normalized spacial score (nSPS) is 25.8. The minimum Gasteiger partial charge on any atom is -0.397 e. The first-order chi connectivity index (χ1) is 12.2. The molecule has 2 fully saturated rings. The van der Waals surface area contributed by atoms with Crippen molar-refractivity contribution in [3.05, 3.63) is 22.7 Å². The van der Waals surface area contributed by atoms with Crippen LogP contribution in [-0.4, -0.2) is 42.8 Å². The number of rotatable bonds is 6. The lowest BCUT2D eigenvalue weighted by Gasteiger charge is -2.41.